The molecule has 29 heavy (non-hydrogen) atoms. The summed E-state index contributed by atoms with van der Waals surface area (Å²) in [6, 6.07) is 11.4. The first-order chi connectivity index (χ1) is 14.1. The number of hydrogen-bond donors (Lipinski definition) is 1. The van der Waals surface area contributed by atoms with Gasteiger partial charge in [-0.1, -0.05) is 19.1 Å². The Labute approximate surface area is 168 Å². The van der Waals surface area contributed by atoms with E-state index in [4.69, 9.17) is 9.47 Å². The first-order valence-corrected chi connectivity index (χ1v) is 9.61. The number of fused-ring (bicyclic) bond motifs is 1. The Balaban J connectivity index is 1.71. The van der Waals surface area contributed by atoms with Gasteiger partial charge in [0.25, 0.3) is 0 Å². The smallest absolute Gasteiger partial charge is 0.233 e. The maximum Gasteiger partial charge on any atom is 0.233 e. The van der Waals surface area contributed by atoms with Crippen LogP contribution in [0.5, 0.6) is 11.6 Å². The average molecular weight is 393 g/mol. The van der Waals surface area contributed by atoms with Crippen molar-refractivity contribution in [1.82, 2.24) is 20.0 Å². The van der Waals surface area contributed by atoms with E-state index in [0.717, 1.165) is 29.0 Å². The van der Waals surface area contributed by atoms with Crippen molar-refractivity contribution in [2.24, 2.45) is 0 Å². The van der Waals surface area contributed by atoms with Crippen LogP contribution in [0.25, 0.3) is 5.82 Å². The van der Waals surface area contributed by atoms with Gasteiger partial charge in [-0.3, -0.25) is 4.79 Å². The molecule has 8 nitrogen and oxygen atoms in total. The minimum Gasteiger partial charge on any atom is -0.494 e. The minimum atomic E-state index is -0.0843. The highest BCUT2D eigenvalue weighted by Gasteiger charge is 2.33. The number of ether oxygens (including phenoxy) is 2. The fourth-order valence-corrected chi connectivity index (χ4v) is 3.55. The molecule has 0 aliphatic carbocycles. The van der Waals surface area contributed by atoms with Crippen LogP contribution in [0.3, 0.4) is 0 Å². The van der Waals surface area contributed by atoms with E-state index in [0.29, 0.717) is 30.5 Å². The zero-order chi connectivity index (χ0) is 20.4. The first-order valence-electron chi connectivity index (χ1n) is 9.61. The van der Waals surface area contributed by atoms with Crippen LogP contribution in [0.15, 0.2) is 36.4 Å². The molecule has 1 aliphatic heterocycles. The second-order valence-corrected chi connectivity index (χ2v) is 6.92. The van der Waals surface area contributed by atoms with Gasteiger partial charge in [-0.15, -0.1) is 10.2 Å². The summed E-state index contributed by atoms with van der Waals surface area (Å²) >= 11 is 0. The number of aryl methyl sites for hydroxylation is 1. The van der Waals surface area contributed by atoms with E-state index in [2.05, 4.69) is 27.5 Å². The van der Waals surface area contributed by atoms with E-state index in [1.807, 2.05) is 31.2 Å². The lowest BCUT2D eigenvalue weighted by atomic mass is 9.86. The number of methoxy groups -OCH3 is 1. The standard InChI is InChI=1S/C21H23N5O3/c1-4-11-29-15-7-5-14(6-8-15)16-12-18(27)22-21-20(16)13(2)25-26(21)17-9-10-19(28-3)24-23-17/h5-10,16H,4,11-12H2,1-3H3,(H,22,27)/t16-/m1/s1. The summed E-state index contributed by atoms with van der Waals surface area (Å²) in [5, 5.41) is 15.7. The van der Waals surface area contributed by atoms with E-state index in [1.165, 1.54) is 7.11 Å². The number of nitrogens with zero attached hydrogens (tertiary/aromatic N) is 4. The van der Waals surface area contributed by atoms with Crippen LogP contribution in [0, 0.1) is 6.92 Å². The first kappa shape index (κ1) is 18.9. The number of benzene rings is 1. The Hall–Kier alpha value is -3.42. The lowest BCUT2D eigenvalue weighted by molar-refractivity contribution is -0.116. The number of rotatable bonds is 6. The van der Waals surface area contributed by atoms with Crippen molar-refractivity contribution in [3.8, 4) is 17.4 Å². The number of carbonyl (C=O) groups excluding carboxylic acids is 1. The van der Waals surface area contributed by atoms with Gasteiger partial charge >= 0.3 is 0 Å². The lowest BCUT2D eigenvalue weighted by Gasteiger charge is -2.24. The number of nitrogens with one attached hydrogen (secondary N) is 1. The molecule has 1 aliphatic rings. The molecule has 0 spiro atoms. The third kappa shape index (κ3) is 3.65. The molecule has 3 aromatic rings. The molecule has 0 saturated heterocycles. The SMILES string of the molecule is CCCOc1ccc([C@H]2CC(=O)Nc3c2c(C)nn3-c2ccc(OC)nn2)cc1. The zero-order valence-corrected chi connectivity index (χ0v) is 16.7. The Morgan fingerprint density at radius 2 is 1.97 bits per heavy atom. The van der Waals surface area contributed by atoms with Crippen molar-refractivity contribution in [2.45, 2.75) is 32.6 Å². The van der Waals surface area contributed by atoms with Crippen molar-refractivity contribution in [3.63, 3.8) is 0 Å². The molecule has 1 aromatic carbocycles. The van der Waals surface area contributed by atoms with Gasteiger partial charge in [0.1, 0.15) is 11.6 Å². The Bertz CT molecular complexity index is 1010. The Morgan fingerprint density at radius 3 is 2.62 bits per heavy atom. The van der Waals surface area contributed by atoms with E-state index in [1.54, 1.807) is 16.8 Å². The molecular formula is C21H23N5O3. The number of aromatic nitrogens is 4. The molecule has 1 amide bonds. The van der Waals surface area contributed by atoms with Gasteiger partial charge in [-0.05, 0) is 37.1 Å². The molecule has 2 aromatic heterocycles. The molecule has 0 bridgehead atoms. The maximum atomic E-state index is 12.5. The van der Waals surface area contributed by atoms with Crippen molar-refractivity contribution in [1.29, 1.82) is 0 Å². The van der Waals surface area contributed by atoms with Crippen LogP contribution in [-0.4, -0.2) is 39.6 Å². The Kier molecular flexibility index (Phi) is 5.16. The van der Waals surface area contributed by atoms with Crippen molar-refractivity contribution in [2.75, 3.05) is 19.0 Å². The molecule has 4 rings (SSSR count). The molecule has 3 heterocycles. The minimum absolute atomic E-state index is 0.0589. The Morgan fingerprint density at radius 1 is 1.17 bits per heavy atom. The predicted octanol–water partition coefficient (Wildman–Crippen LogP) is 3.24. The predicted molar refractivity (Wildman–Crippen MR) is 108 cm³/mol. The topological polar surface area (TPSA) is 91.2 Å². The van der Waals surface area contributed by atoms with Gasteiger partial charge in [0.2, 0.25) is 11.8 Å². The van der Waals surface area contributed by atoms with Crippen molar-refractivity contribution < 1.29 is 14.3 Å². The molecule has 0 fully saturated rings. The van der Waals surface area contributed by atoms with E-state index in [9.17, 15) is 4.79 Å². The molecular weight excluding hydrogens is 370 g/mol. The summed E-state index contributed by atoms with van der Waals surface area (Å²) in [7, 11) is 1.53. The van der Waals surface area contributed by atoms with Gasteiger partial charge in [0.15, 0.2) is 5.82 Å². The number of anilines is 1. The van der Waals surface area contributed by atoms with Crippen molar-refractivity contribution in [3.05, 3.63) is 53.2 Å². The summed E-state index contributed by atoms with van der Waals surface area (Å²) in [4.78, 5) is 12.5. The highest BCUT2D eigenvalue weighted by Crippen LogP contribution is 2.40. The summed E-state index contributed by atoms with van der Waals surface area (Å²) in [6.07, 6.45) is 1.32. The fraction of sp³-hybridized carbons (Fsp3) is 0.333. The molecule has 1 atom stereocenters. The lowest BCUT2D eigenvalue weighted by Crippen LogP contribution is -2.25. The van der Waals surface area contributed by atoms with Crippen LogP contribution in [-0.2, 0) is 4.79 Å². The summed E-state index contributed by atoms with van der Waals surface area (Å²) in [6.45, 7) is 4.70. The van der Waals surface area contributed by atoms with E-state index >= 15 is 0 Å². The summed E-state index contributed by atoms with van der Waals surface area (Å²) in [5.41, 5.74) is 2.88. The average Bonchev–Trinajstić information content (AvgIpc) is 3.08. The second kappa shape index (κ2) is 7.90. The van der Waals surface area contributed by atoms with Gasteiger partial charge in [-0.25, -0.2) is 0 Å². The largest absolute Gasteiger partial charge is 0.494 e. The third-order valence-corrected chi connectivity index (χ3v) is 4.91. The number of hydrogen-bond acceptors (Lipinski definition) is 6. The van der Waals surface area contributed by atoms with Crippen LogP contribution in [0.1, 0.15) is 42.5 Å². The zero-order valence-electron chi connectivity index (χ0n) is 16.7. The monoisotopic (exact) mass is 393 g/mol. The van der Waals surface area contributed by atoms with Crippen LogP contribution in [0.2, 0.25) is 0 Å². The van der Waals surface area contributed by atoms with E-state index in [-0.39, 0.29) is 11.8 Å². The third-order valence-electron chi connectivity index (χ3n) is 4.91. The summed E-state index contributed by atoms with van der Waals surface area (Å²) in [5.74, 6) is 2.25. The second-order valence-electron chi connectivity index (χ2n) is 6.92. The summed E-state index contributed by atoms with van der Waals surface area (Å²) < 4.78 is 12.4. The number of carbonyl (C=O) groups is 1. The molecule has 0 saturated carbocycles. The van der Waals surface area contributed by atoms with Crippen molar-refractivity contribution >= 4 is 11.7 Å². The highest BCUT2D eigenvalue weighted by atomic mass is 16.5. The van der Waals surface area contributed by atoms with Gasteiger partial charge < -0.3 is 14.8 Å². The van der Waals surface area contributed by atoms with Crippen LogP contribution < -0.4 is 14.8 Å². The van der Waals surface area contributed by atoms with Gasteiger partial charge in [-0.2, -0.15) is 9.78 Å². The molecule has 0 radical (unpaired) electrons. The van der Waals surface area contributed by atoms with E-state index < -0.39 is 0 Å². The fourth-order valence-electron chi connectivity index (χ4n) is 3.55. The molecule has 8 heteroatoms. The highest BCUT2D eigenvalue weighted by molar-refractivity contribution is 5.95. The van der Waals surface area contributed by atoms with Gasteiger partial charge in [0, 0.05) is 24.0 Å². The maximum absolute atomic E-state index is 12.5. The normalized spacial score (nSPS) is 15.6. The quantitative estimate of drug-likeness (QED) is 0.691. The van der Waals surface area contributed by atoms with Gasteiger partial charge in [0.05, 0.1) is 19.4 Å². The van der Waals surface area contributed by atoms with Crippen LogP contribution >= 0.6 is 0 Å². The molecule has 1 N–H and O–H groups in total. The van der Waals surface area contributed by atoms with Crippen LogP contribution in [0.4, 0.5) is 5.82 Å². The number of amides is 1. The molecule has 0 unspecified atom stereocenters. The molecule has 150 valence electrons.